The second-order valence-electron chi connectivity index (χ2n) is 6.40. The number of ether oxygens (including phenoxy) is 1. The molecular formula is C22H24N2O3. The van der Waals surface area contributed by atoms with Crippen LogP contribution >= 0.6 is 0 Å². The lowest BCUT2D eigenvalue weighted by Crippen LogP contribution is -1.99. The van der Waals surface area contributed by atoms with E-state index in [1.165, 1.54) is 0 Å². The van der Waals surface area contributed by atoms with E-state index in [1.54, 1.807) is 0 Å². The van der Waals surface area contributed by atoms with Gasteiger partial charge in [-0.25, -0.2) is 4.98 Å². The fraction of sp³-hybridized carbons (Fsp3) is 0.273. The molecule has 0 aliphatic heterocycles. The van der Waals surface area contributed by atoms with Gasteiger partial charge in [0.25, 0.3) is 0 Å². The van der Waals surface area contributed by atoms with Gasteiger partial charge in [-0.1, -0.05) is 36.4 Å². The number of hydrogen-bond acceptors (Lipinski definition) is 3. The van der Waals surface area contributed by atoms with Gasteiger partial charge in [-0.15, -0.1) is 6.58 Å². The Labute approximate surface area is 158 Å². The number of nitrogens with zero attached hydrogens (tertiary/aromatic N) is 2. The van der Waals surface area contributed by atoms with Gasteiger partial charge >= 0.3 is 5.97 Å². The molecule has 0 amide bonds. The van der Waals surface area contributed by atoms with Gasteiger partial charge in [-0.2, -0.15) is 0 Å². The van der Waals surface area contributed by atoms with Crippen LogP contribution in [0.3, 0.4) is 0 Å². The number of carbonyl (C=O) groups is 1. The Morgan fingerprint density at radius 3 is 2.70 bits per heavy atom. The third kappa shape index (κ3) is 4.76. The highest BCUT2D eigenvalue weighted by molar-refractivity contribution is 5.82. The van der Waals surface area contributed by atoms with Gasteiger partial charge in [0.1, 0.15) is 11.6 Å². The number of fused-ring (bicyclic) bond motifs is 1. The van der Waals surface area contributed by atoms with Crippen molar-refractivity contribution < 1.29 is 14.6 Å². The van der Waals surface area contributed by atoms with Crippen LogP contribution in [0.2, 0.25) is 0 Å². The maximum Gasteiger partial charge on any atom is 0.303 e. The Morgan fingerprint density at radius 2 is 1.96 bits per heavy atom. The number of hydrogen-bond donors (Lipinski definition) is 1. The number of unbranched alkanes of at least 4 members (excludes halogenated alkanes) is 2. The molecule has 1 aromatic heterocycles. The molecule has 1 heterocycles. The molecule has 0 radical (unpaired) electrons. The fourth-order valence-electron chi connectivity index (χ4n) is 3.07. The largest absolute Gasteiger partial charge is 0.494 e. The van der Waals surface area contributed by atoms with Gasteiger partial charge < -0.3 is 14.4 Å². The molecule has 2 aromatic carbocycles. The molecule has 3 aromatic rings. The fourth-order valence-corrected chi connectivity index (χ4v) is 3.07. The monoisotopic (exact) mass is 364 g/mol. The van der Waals surface area contributed by atoms with Crippen LogP contribution < -0.4 is 4.74 Å². The van der Waals surface area contributed by atoms with Crippen molar-refractivity contribution in [3.63, 3.8) is 0 Å². The standard InChI is InChI=1S/C22H24N2O3/c1-2-14-24-20-13-12-18(27-15-8-4-7-11-21(25)26)16-19(20)23-22(24)17-9-5-3-6-10-17/h2-3,5-6,9-10,12-13,16H,1,4,7-8,11,14-15H2,(H,25,26). The van der Waals surface area contributed by atoms with Crippen LogP contribution in [0.5, 0.6) is 5.75 Å². The predicted molar refractivity (Wildman–Crippen MR) is 107 cm³/mol. The van der Waals surface area contributed by atoms with Crippen LogP contribution in [0.1, 0.15) is 25.7 Å². The summed E-state index contributed by atoms with van der Waals surface area (Å²) in [5.74, 6) is 0.950. The predicted octanol–water partition coefficient (Wildman–Crippen LogP) is 4.91. The summed E-state index contributed by atoms with van der Waals surface area (Å²) >= 11 is 0. The maximum atomic E-state index is 10.5. The number of aromatic nitrogens is 2. The molecule has 27 heavy (non-hydrogen) atoms. The van der Waals surface area contributed by atoms with E-state index in [4.69, 9.17) is 14.8 Å². The minimum Gasteiger partial charge on any atom is -0.494 e. The average molecular weight is 364 g/mol. The summed E-state index contributed by atoms with van der Waals surface area (Å²) < 4.78 is 7.97. The molecule has 5 heteroatoms. The highest BCUT2D eigenvalue weighted by Crippen LogP contribution is 2.27. The van der Waals surface area contributed by atoms with Gasteiger partial charge in [0.05, 0.1) is 17.6 Å². The molecular weight excluding hydrogens is 340 g/mol. The summed E-state index contributed by atoms with van der Waals surface area (Å²) in [6, 6.07) is 16.0. The first-order valence-electron chi connectivity index (χ1n) is 9.20. The van der Waals surface area contributed by atoms with Crippen molar-refractivity contribution in [2.24, 2.45) is 0 Å². The highest BCUT2D eigenvalue weighted by Gasteiger charge is 2.12. The molecule has 140 valence electrons. The number of aliphatic carboxylic acids is 1. The average Bonchev–Trinajstić information content (AvgIpc) is 3.03. The van der Waals surface area contributed by atoms with Crippen LogP contribution in [0.15, 0.2) is 61.2 Å². The van der Waals surface area contributed by atoms with E-state index in [9.17, 15) is 4.79 Å². The first-order chi connectivity index (χ1) is 13.2. The van der Waals surface area contributed by atoms with Crippen LogP contribution in [0.25, 0.3) is 22.4 Å². The number of imidazole rings is 1. The number of benzene rings is 2. The number of carboxylic acids is 1. The number of rotatable bonds is 10. The van der Waals surface area contributed by atoms with E-state index in [0.29, 0.717) is 19.6 Å². The third-order valence-electron chi connectivity index (χ3n) is 4.37. The lowest BCUT2D eigenvalue weighted by atomic mass is 10.2. The normalized spacial score (nSPS) is 10.8. The molecule has 0 fully saturated rings. The minimum atomic E-state index is -0.745. The van der Waals surface area contributed by atoms with Crippen LogP contribution in [-0.4, -0.2) is 27.2 Å². The molecule has 1 N–H and O–H groups in total. The van der Waals surface area contributed by atoms with Crippen molar-refractivity contribution in [2.45, 2.75) is 32.2 Å². The zero-order valence-corrected chi connectivity index (χ0v) is 15.3. The van der Waals surface area contributed by atoms with Gasteiger partial charge in [-0.3, -0.25) is 4.79 Å². The Bertz CT molecular complexity index is 916. The molecule has 0 saturated carbocycles. The summed E-state index contributed by atoms with van der Waals surface area (Å²) in [7, 11) is 0. The summed E-state index contributed by atoms with van der Waals surface area (Å²) in [4.78, 5) is 15.3. The van der Waals surface area contributed by atoms with E-state index < -0.39 is 5.97 Å². The van der Waals surface area contributed by atoms with E-state index in [2.05, 4.69) is 23.3 Å². The van der Waals surface area contributed by atoms with E-state index >= 15 is 0 Å². The second kappa shape index (κ2) is 9.03. The van der Waals surface area contributed by atoms with Crippen LogP contribution in [0, 0.1) is 0 Å². The molecule has 0 aliphatic carbocycles. The Balaban J connectivity index is 1.73. The van der Waals surface area contributed by atoms with Crippen LogP contribution in [0.4, 0.5) is 0 Å². The summed E-state index contributed by atoms with van der Waals surface area (Å²) in [6.45, 7) is 5.12. The second-order valence-corrected chi connectivity index (χ2v) is 6.40. The smallest absolute Gasteiger partial charge is 0.303 e. The molecule has 0 atom stereocenters. The molecule has 0 aliphatic rings. The zero-order valence-electron chi connectivity index (χ0n) is 15.3. The Hall–Kier alpha value is -3.08. The van der Waals surface area contributed by atoms with Crippen molar-refractivity contribution in [1.29, 1.82) is 0 Å². The van der Waals surface area contributed by atoms with Crippen LogP contribution in [-0.2, 0) is 11.3 Å². The van der Waals surface area contributed by atoms with Crippen molar-refractivity contribution in [3.05, 3.63) is 61.2 Å². The SMILES string of the molecule is C=CCn1c(-c2ccccc2)nc2cc(OCCCCCC(=O)O)ccc21. The van der Waals surface area contributed by atoms with Crippen molar-refractivity contribution in [1.82, 2.24) is 9.55 Å². The summed E-state index contributed by atoms with van der Waals surface area (Å²) in [5.41, 5.74) is 3.00. The van der Waals surface area contributed by atoms with Gasteiger partial charge in [0.15, 0.2) is 0 Å². The highest BCUT2D eigenvalue weighted by atomic mass is 16.5. The van der Waals surface area contributed by atoms with Crippen molar-refractivity contribution in [2.75, 3.05) is 6.61 Å². The molecule has 3 rings (SSSR count). The zero-order chi connectivity index (χ0) is 19.1. The minimum absolute atomic E-state index is 0.217. The van der Waals surface area contributed by atoms with Gasteiger partial charge in [0.2, 0.25) is 0 Å². The van der Waals surface area contributed by atoms with Gasteiger partial charge in [-0.05, 0) is 31.4 Å². The lowest BCUT2D eigenvalue weighted by Gasteiger charge is -2.07. The van der Waals surface area contributed by atoms with Crippen molar-refractivity contribution in [3.8, 4) is 17.1 Å². The van der Waals surface area contributed by atoms with Gasteiger partial charge in [0, 0.05) is 24.6 Å². The Morgan fingerprint density at radius 1 is 1.15 bits per heavy atom. The molecule has 5 nitrogen and oxygen atoms in total. The topological polar surface area (TPSA) is 64.4 Å². The third-order valence-corrected chi connectivity index (χ3v) is 4.37. The first-order valence-corrected chi connectivity index (χ1v) is 9.20. The molecule has 0 unspecified atom stereocenters. The lowest BCUT2D eigenvalue weighted by molar-refractivity contribution is -0.137. The maximum absolute atomic E-state index is 10.5. The summed E-state index contributed by atoms with van der Waals surface area (Å²) in [5, 5.41) is 8.65. The summed E-state index contributed by atoms with van der Waals surface area (Å²) in [6.07, 6.45) is 4.46. The molecule has 0 saturated heterocycles. The molecule has 0 bridgehead atoms. The molecule has 0 spiro atoms. The number of carboxylic acid groups (broad SMARTS) is 1. The quantitative estimate of drug-likeness (QED) is 0.410. The van der Waals surface area contributed by atoms with Crippen molar-refractivity contribution >= 4 is 17.0 Å². The van der Waals surface area contributed by atoms with E-state index in [-0.39, 0.29) is 6.42 Å². The van der Waals surface area contributed by atoms with E-state index in [1.807, 2.05) is 42.5 Å². The first kappa shape index (κ1) is 18.7. The number of allylic oxidation sites excluding steroid dienone is 1. The van der Waals surface area contributed by atoms with E-state index in [0.717, 1.165) is 41.0 Å². The Kier molecular flexibility index (Phi) is 6.26.